The molecule has 1 fully saturated rings. The fourth-order valence-electron chi connectivity index (χ4n) is 14.7. The number of carbonyl (C=O) groups excluding carboxylic acids is 2. The number of amides is 1. The highest BCUT2D eigenvalue weighted by atomic mass is 16.7. The van der Waals surface area contributed by atoms with Crippen LogP contribution >= 0.6 is 0 Å². The number of unbranched alkanes of at least 4 members (excludes halogenated alkanes) is 67. The van der Waals surface area contributed by atoms with Crippen LogP contribution < -0.4 is 5.32 Å². The number of esters is 1. The van der Waals surface area contributed by atoms with Crippen molar-refractivity contribution >= 4 is 11.9 Å². The lowest BCUT2D eigenvalue weighted by molar-refractivity contribution is -0.302. The molecule has 1 rings (SSSR count). The van der Waals surface area contributed by atoms with Crippen LogP contribution in [0.3, 0.4) is 0 Å². The summed E-state index contributed by atoms with van der Waals surface area (Å²) in [5.74, 6) is -0.147. The van der Waals surface area contributed by atoms with Crippen LogP contribution in [-0.2, 0) is 23.8 Å². The second-order valence-electron chi connectivity index (χ2n) is 31.3. The van der Waals surface area contributed by atoms with Gasteiger partial charge in [0.2, 0.25) is 5.91 Å². The van der Waals surface area contributed by atoms with Crippen molar-refractivity contribution in [3.8, 4) is 0 Å². The van der Waals surface area contributed by atoms with E-state index in [4.69, 9.17) is 14.2 Å². The second-order valence-corrected chi connectivity index (χ2v) is 31.3. The quantitative estimate of drug-likeness (QED) is 0.0195. The Kier molecular flexibility index (Phi) is 74.7. The summed E-state index contributed by atoms with van der Waals surface area (Å²) >= 11 is 0. The molecule has 0 aliphatic carbocycles. The summed E-state index contributed by atoms with van der Waals surface area (Å²) in [5, 5.41) is 54.6. The first kappa shape index (κ1) is 95.4. The number of ether oxygens (including phenoxy) is 3. The maximum Gasteiger partial charge on any atom is 0.305 e. The summed E-state index contributed by atoms with van der Waals surface area (Å²) in [6.45, 7) is 4.42. The first-order valence-corrected chi connectivity index (χ1v) is 44.5. The van der Waals surface area contributed by atoms with E-state index in [0.717, 1.165) is 51.4 Å². The molecule has 0 aromatic rings. The van der Waals surface area contributed by atoms with Crippen LogP contribution in [0.5, 0.6) is 0 Å². The van der Waals surface area contributed by atoms with E-state index in [1.54, 1.807) is 6.08 Å². The molecule has 1 aliphatic heterocycles. The SMILES string of the molecule is CCCCCCCCCCCCC/C=C/C(O)C(COC1OC(CO)C(O)C(O)C1O)NC(=O)CCCCCCCCCCCCCCCCCCCCCCCCCCCCCCCCCCCCCCCCCOC(=O)CCCCCCCCCCCCCCCCCCCCC. The van der Waals surface area contributed by atoms with Crippen molar-refractivity contribution in [3.63, 3.8) is 0 Å². The van der Waals surface area contributed by atoms with E-state index in [2.05, 4.69) is 19.2 Å². The lowest BCUT2D eigenvalue weighted by Crippen LogP contribution is -2.60. The van der Waals surface area contributed by atoms with Crippen molar-refractivity contribution in [1.82, 2.24) is 5.32 Å². The second kappa shape index (κ2) is 77.5. The van der Waals surface area contributed by atoms with Gasteiger partial charge >= 0.3 is 5.97 Å². The fourth-order valence-corrected chi connectivity index (χ4v) is 14.7. The van der Waals surface area contributed by atoms with Crippen LogP contribution in [0.25, 0.3) is 0 Å². The molecule has 6 N–H and O–H groups in total. The fraction of sp³-hybridized carbons (Fsp3) is 0.955. The van der Waals surface area contributed by atoms with Gasteiger partial charge in [-0.2, -0.15) is 0 Å². The Morgan fingerprint density at radius 3 is 0.939 bits per heavy atom. The van der Waals surface area contributed by atoms with E-state index < -0.39 is 49.5 Å². The third kappa shape index (κ3) is 65.6. The smallest absolute Gasteiger partial charge is 0.305 e. The minimum Gasteiger partial charge on any atom is -0.466 e. The average molecular weight is 1400 g/mol. The van der Waals surface area contributed by atoms with Gasteiger partial charge in [0.05, 0.1) is 32.0 Å². The summed E-state index contributed by atoms with van der Waals surface area (Å²) in [5.41, 5.74) is 0. The highest BCUT2D eigenvalue weighted by Gasteiger charge is 2.44. The summed E-state index contributed by atoms with van der Waals surface area (Å²) < 4.78 is 16.8. The molecule has 0 bridgehead atoms. The molecule has 588 valence electrons. The summed E-state index contributed by atoms with van der Waals surface area (Å²) in [6, 6.07) is -0.805. The van der Waals surface area contributed by atoms with Gasteiger partial charge in [-0.15, -0.1) is 0 Å². The molecule has 0 spiro atoms. The van der Waals surface area contributed by atoms with Crippen LogP contribution in [0.2, 0.25) is 0 Å². The topological polar surface area (TPSA) is 175 Å². The van der Waals surface area contributed by atoms with Gasteiger partial charge in [0.1, 0.15) is 24.4 Å². The normalized spacial score (nSPS) is 17.1. The molecular formula is C88H171NO10. The molecule has 0 radical (unpaired) electrons. The number of aliphatic hydroxyl groups excluding tert-OH is 5. The van der Waals surface area contributed by atoms with E-state index in [-0.39, 0.29) is 18.5 Å². The highest BCUT2D eigenvalue weighted by molar-refractivity contribution is 5.76. The predicted octanol–water partition coefficient (Wildman–Crippen LogP) is 24.9. The van der Waals surface area contributed by atoms with Gasteiger partial charge in [0, 0.05) is 12.8 Å². The van der Waals surface area contributed by atoms with E-state index >= 15 is 0 Å². The molecule has 11 nitrogen and oxygen atoms in total. The van der Waals surface area contributed by atoms with Crippen molar-refractivity contribution in [1.29, 1.82) is 0 Å². The molecule has 1 aliphatic rings. The number of rotatable bonds is 81. The zero-order valence-electron chi connectivity index (χ0n) is 66.0. The van der Waals surface area contributed by atoms with E-state index in [1.807, 2.05) is 6.08 Å². The summed E-state index contributed by atoms with van der Waals surface area (Å²) in [7, 11) is 0. The van der Waals surface area contributed by atoms with E-state index in [0.29, 0.717) is 19.4 Å². The van der Waals surface area contributed by atoms with Crippen LogP contribution in [0.15, 0.2) is 12.2 Å². The molecular weight excluding hydrogens is 1230 g/mol. The van der Waals surface area contributed by atoms with Crippen molar-refractivity contribution in [2.75, 3.05) is 19.8 Å². The third-order valence-corrected chi connectivity index (χ3v) is 21.7. The van der Waals surface area contributed by atoms with Gasteiger partial charge in [-0.1, -0.05) is 443 Å². The van der Waals surface area contributed by atoms with Gasteiger partial charge in [-0.25, -0.2) is 0 Å². The standard InChI is InChI=1S/C88H171NO10/c1-3-5-7-9-11-13-15-17-18-19-41-45-48-52-56-60-64-68-72-76-84(93)97-77-73-69-65-61-57-53-49-46-43-40-38-36-34-32-30-28-26-24-22-20-21-23-25-27-29-31-33-35-37-39-42-44-47-51-55-59-63-67-71-75-83(92)89-80(79-98-88-87(96)86(95)85(94)82(78-90)99-88)81(91)74-70-66-62-58-54-50-16-14-12-10-8-6-4-2/h70,74,80-82,85-88,90-91,94-96H,3-69,71-73,75-79H2,1-2H3,(H,89,92)/b74-70+. The first-order valence-electron chi connectivity index (χ1n) is 44.5. The Bertz CT molecular complexity index is 1650. The molecule has 7 unspecified atom stereocenters. The number of hydrogen-bond acceptors (Lipinski definition) is 10. The zero-order chi connectivity index (χ0) is 71.5. The molecule has 0 saturated carbocycles. The van der Waals surface area contributed by atoms with Gasteiger partial charge < -0.3 is 45.1 Å². The van der Waals surface area contributed by atoms with Crippen LogP contribution in [-0.4, -0.2) is 100 Å². The Labute approximate surface area is 614 Å². The predicted molar refractivity (Wildman–Crippen MR) is 422 cm³/mol. The first-order chi connectivity index (χ1) is 48.7. The maximum absolute atomic E-state index is 13.1. The van der Waals surface area contributed by atoms with E-state index in [9.17, 15) is 35.1 Å². The van der Waals surface area contributed by atoms with Crippen molar-refractivity contribution in [3.05, 3.63) is 12.2 Å². The van der Waals surface area contributed by atoms with E-state index in [1.165, 1.54) is 398 Å². The molecule has 0 aromatic carbocycles. The summed E-state index contributed by atoms with van der Waals surface area (Å²) in [6.07, 6.45) is 90.0. The Hall–Kier alpha value is -1.60. The molecule has 11 heteroatoms. The number of hydrogen-bond donors (Lipinski definition) is 6. The number of allylic oxidation sites excluding steroid dienone is 1. The number of aliphatic hydroxyl groups is 5. The molecule has 1 saturated heterocycles. The average Bonchev–Trinajstić information content (AvgIpc) is 0.834. The van der Waals surface area contributed by atoms with Gasteiger partial charge in [-0.3, -0.25) is 9.59 Å². The Morgan fingerprint density at radius 1 is 0.364 bits per heavy atom. The van der Waals surface area contributed by atoms with Gasteiger partial charge in [0.15, 0.2) is 6.29 Å². The third-order valence-electron chi connectivity index (χ3n) is 21.7. The van der Waals surface area contributed by atoms with Crippen molar-refractivity contribution < 1.29 is 49.3 Å². The van der Waals surface area contributed by atoms with Crippen molar-refractivity contribution in [2.24, 2.45) is 0 Å². The lowest BCUT2D eigenvalue weighted by Gasteiger charge is -2.40. The minimum atomic E-state index is -1.57. The van der Waals surface area contributed by atoms with Crippen LogP contribution in [0.4, 0.5) is 0 Å². The number of nitrogens with one attached hydrogen (secondary N) is 1. The van der Waals surface area contributed by atoms with Crippen LogP contribution in [0.1, 0.15) is 476 Å². The maximum atomic E-state index is 13.1. The minimum absolute atomic E-state index is 0.0246. The van der Waals surface area contributed by atoms with Gasteiger partial charge in [0.25, 0.3) is 0 Å². The highest BCUT2D eigenvalue weighted by Crippen LogP contribution is 2.25. The zero-order valence-corrected chi connectivity index (χ0v) is 66.0. The molecule has 99 heavy (non-hydrogen) atoms. The Morgan fingerprint density at radius 2 is 0.636 bits per heavy atom. The largest absolute Gasteiger partial charge is 0.466 e. The molecule has 1 heterocycles. The Balaban J connectivity index is 1.84. The lowest BCUT2D eigenvalue weighted by atomic mass is 9.99. The molecule has 7 atom stereocenters. The monoisotopic (exact) mass is 1400 g/mol. The van der Waals surface area contributed by atoms with Gasteiger partial charge in [-0.05, 0) is 32.1 Å². The molecule has 0 aromatic heterocycles. The van der Waals surface area contributed by atoms with Crippen molar-refractivity contribution in [2.45, 2.75) is 519 Å². The number of carbonyl (C=O) groups is 2. The summed E-state index contributed by atoms with van der Waals surface area (Å²) in [4.78, 5) is 25.3. The van der Waals surface area contributed by atoms with Crippen LogP contribution in [0, 0.1) is 0 Å². The molecule has 1 amide bonds.